The largest absolute Gasteiger partial charge is 0.412 e. The summed E-state index contributed by atoms with van der Waals surface area (Å²) >= 11 is 1.38. The van der Waals surface area contributed by atoms with Crippen LogP contribution >= 0.6 is 11.3 Å². The summed E-state index contributed by atoms with van der Waals surface area (Å²) in [5.41, 5.74) is 0. The maximum atomic E-state index is 10.5. The molecule has 0 unspecified atom stereocenters. The highest BCUT2D eigenvalue weighted by Gasteiger charge is 1.97. The summed E-state index contributed by atoms with van der Waals surface area (Å²) in [5, 5.41) is 2.44. The molecule has 1 heterocycles. The number of carbonyl (C=O) groups is 1. The smallest absolute Gasteiger partial charge is 0.336 e. The third-order valence-electron chi connectivity index (χ3n) is 1.53. The van der Waals surface area contributed by atoms with Gasteiger partial charge in [-0.2, -0.15) is 0 Å². The monoisotopic (exact) mass is 232 g/mol. The summed E-state index contributed by atoms with van der Waals surface area (Å²) in [5.74, 6) is -0.414. The van der Waals surface area contributed by atoms with Crippen LogP contribution in [0.5, 0.6) is 5.06 Å². The quantitative estimate of drug-likeness (QED) is 0.585. The Morgan fingerprint density at radius 3 is 2.06 bits per heavy atom. The maximum absolute atomic E-state index is 10.5. The molecule has 2 rings (SSSR count). The van der Waals surface area contributed by atoms with Crippen LogP contribution in [-0.4, -0.2) is 5.97 Å². The number of hydrogen-bond acceptors (Lipinski definition) is 3. The molecule has 1 aromatic carbocycles. The van der Waals surface area contributed by atoms with Gasteiger partial charge in [0, 0.05) is 6.08 Å². The lowest BCUT2D eigenvalue weighted by atomic mass is 10.4. The molecule has 0 aliphatic heterocycles. The normalized spacial score (nSPS) is 8.50. The molecule has 0 atom stereocenters. The van der Waals surface area contributed by atoms with E-state index < -0.39 is 5.97 Å². The van der Waals surface area contributed by atoms with Gasteiger partial charge in [-0.05, 0) is 17.5 Å². The molecule has 2 nitrogen and oxygen atoms in total. The molecular weight excluding hydrogens is 220 g/mol. The van der Waals surface area contributed by atoms with Crippen LogP contribution in [0.1, 0.15) is 0 Å². The summed E-state index contributed by atoms with van der Waals surface area (Å²) in [6.07, 6.45) is 1.14. The number of thiophene rings is 1. The van der Waals surface area contributed by atoms with E-state index in [4.69, 9.17) is 4.74 Å². The summed E-state index contributed by atoms with van der Waals surface area (Å²) in [6, 6.07) is 15.5. The molecule has 0 fully saturated rings. The average Bonchev–Trinajstić information content (AvgIpc) is 2.85. The first kappa shape index (κ1) is 12.2. The Morgan fingerprint density at radius 1 is 1.12 bits per heavy atom. The van der Waals surface area contributed by atoms with Crippen LogP contribution in [0.25, 0.3) is 0 Å². The topological polar surface area (TPSA) is 26.3 Å². The summed E-state index contributed by atoms with van der Waals surface area (Å²) in [4.78, 5) is 10.5. The molecular formula is C13H12O2S. The number of carbonyl (C=O) groups excluding carboxylic acids is 1. The highest BCUT2D eigenvalue weighted by atomic mass is 32.1. The summed E-state index contributed by atoms with van der Waals surface area (Å²) in [7, 11) is 0. The SMILES string of the molecule is C=CC(=O)Oc1cccs1.c1ccccc1. The van der Waals surface area contributed by atoms with Gasteiger partial charge < -0.3 is 4.74 Å². The highest BCUT2D eigenvalue weighted by Crippen LogP contribution is 2.17. The van der Waals surface area contributed by atoms with Gasteiger partial charge in [0.05, 0.1) is 0 Å². The Balaban J connectivity index is 0.000000181. The van der Waals surface area contributed by atoms with E-state index >= 15 is 0 Å². The molecule has 0 N–H and O–H groups in total. The number of hydrogen-bond donors (Lipinski definition) is 0. The first-order valence-electron chi connectivity index (χ1n) is 4.70. The molecule has 0 bridgehead atoms. The minimum absolute atomic E-state index is 0.414. The lowest BCUT2D eigenvalue weighted by Gasteiger charge is -1.92. The summed E-state index contributed by atoms with van der Waals surface area (Å²) < 4.78 is 4.77. The first-order valence-corrected chi connectivity index (χ1v) is 5.58. The van der Waals surface area contributed by atoms with Crippen LogP contribution in [0.4, 0.5) is 0 Å². The molecule has 16 heavy (non-hydrogen) atoms. The van der Waals surface area contributed by atoms with Crippen molar-refractivity contribution in [1.82, 2.24) is 0 Å². The fourth-order valence-electron chi connectivity index (χ4n) is 0.847. The average molecular weight is 232 g/mol. The van der Waals surface area contributed by atoms with Crippen molar-refractivity contribution in [2.45, 2.75) is 0 Å². The molecule has 0 amide bonds. The van der Waals surface area contributed by atoms with Gasteiger partial charge in [-0.25, -0.2) is 4.79 Å². The number of rotatable bonds is 2. The van der Waals surface area contributed by atoms with E-state index in [0.717, 1.165) is 6.08 Å². The van der Waals surface area contributed by atoms with Gasteiger partial charge in [-0.15, -0.1) is 11.3 Å². The lowest BCUT2D eigenvalue weighted by molar-refractivity contribution is -0.128. The molecule has 0 saturated carbocycles. The molecule has 3 heteroatoms. The second-order valence-corrected chi connectivity index (χ2v) is 3.62. The fraction of sp³-hybridized carbons (Fsp3) is 0. The van der Waals surface area contributed by atoms with Gasteiger partial charge >= 0.3 is 5.97 Å². The molecule has 2 aromatic rings. The number of esters is 1. The maximum Gasteiger partial charge on any atom is 0.336 e. The van der Waals surface area contributed by atoms with Crippen LogP contribution in [0, 0.1) is 0 Å². The van der Waals surface area contributed by atoms with Gasteiger partial charge in [-0.1, -0.05) is 43.0 Å². The fourth-order valence-corrected chi connectivity index (χ4v) is 1.43. The van der Waals surface area contributed by atoms with E-state index in [0.29, 0.717) is 5.06 Å². The first-order chi connectivity index (χ1) is 7.83. The molecule has 0 aliphatic carbocycles. The third kappa shape index (κ3) is 5.12. The molecule has 0 saturated heterocycles. The number of benzene rings is 1. The van der Waals surface area contributed by atoms with E-state index in [9.17, 15) is 4.79 Å². The Kier molecular flexibility index (Phi) is 5.66. The Bertz CT molecular complexity index is 380. The molecule has 1 aromatic heterocycles. The van der Waals surface area contributed by atoms with E-state index in [1.807, 2.05) is 47.8 Å². The Morgan fingerprint density at radius 2 is 1.69 bits per heavy atom. The van der Waals surface area contributed by atoms with E-state index in [2.05, 4.69) is 6.58 Å². The van der Waals surface area contributed by atoms with Crippen LogP contribution in [0.15, 0.2) is 66.6 Å². The van der Waals surface area contributed by atoms with E-state index in [-0.39, 0.29) is 0 Å². The zero-order valence-electron chi connectivity index (χ0n) is 8.71. The van der Waals surface area contributed by atoms with Crippen molar-refractivity contribution in [3.63, 3.8) is 0 Å². The second kappa shape index (κ2) is 7.43. The predicted molar refractivity (Wildman–Crippen MR) is 66.6 cm³/mol. The highest BCUT2D eigenvalue weighted by molar-refractivity contribution is 7.11. The van der Waals surface area contributed by atoms with Crippen molar-refractivity contribution in [1.29, 1.82) is 0 Å². The minimum Gasteiger partial charge on any atom is -0.412 e. The van der Waals surface area contributed by atoms with E-state index in [1.165, 1.54) is 11.3 Å². The van der Waals surface area contributed by atoms with Crippen LogP contribution in [0.3, 0.4) is 0 Å². The van der Waals surface area contributed by atoms with Gasteiger partial charge in [-0.3, -0.25) is 0 Å². The van der Waals surface area contributed by atoms with Gasteiger partial charge in [0.25, 0.3) is 0 Å². The van der Waals surface area contributed by atoms with Crippen LogP contribution in [-0.2, 0) is 4.79 Å². The minimum atomic E-state index is -0.414. The van der Waals surface area contributed by atoms with Crippen molar-refractivity contribution in [3.8, 4) is 5.06 Å². The standard InChI is InChI=1S/C7H6O2S.C6H6/c1-2-6(8)9-7-4-3-5-10-7;1-2-4-6-5-3-1/h2-5H,1H2;1-6H. The van der Waals surface area contributed by atoms with Crippen molar-refractivity contribution in [2.75, 3.05) is 0 Å². The van der Waals surface area contributed by atoms with Gasteiger partial charge in [0.2, 0.25) is 0 Å². The van der Waals surface area contributed by atoms with Crippen molar-refractivity contribution >= 4 is 17.3 Å². The van der Waals surface area contributed by atoms with Crippen molar-refractivity contribution < 1.29 is 9.53 Å². The van der Waals surface area contributed by atoms with E-state index in [1.54, 1.807) is 6.07 Å². The van der Waals surface area contributed by atoms with Gasteiger partial charge in [0.1, 0.15) is 0 Å². The lowest BCUT2D eigenvalue weighted by Crippen LogP contribution is -2.00. The van der Waals surface area contributed by atoms with Crippen LogP contribution in [0.2, 0.25) is 0 Å². The van der Waals surface area contributed by atoms with Crippen molar-refractivity contribution in [3.05, 3.63) is 66.6 Å². The van der Waals surface area contributed by atoms with Crippen molar-refractivity contribution in [2.24, 2.45) is 0 Å². The molecule has 0 aliphatic rings. The van der Waals surface area contributed by atoms with Gasteiger partial charge in [0.15, 0.2) is 5.06 Å². The zero-order chi connectivity index (χ0) is 11.6. The summed E-state index contributed by atoms with van der Waals surface area (Å²) in [6.45, 7) is 3.27. The molecule has 0 radical (unpaired) electrons. The molecule has 0 spiro atoms. The predicted octanol–water partition coefficient (Wildman–Crippen LogP) is 3.53. The van der Waals surface area contributed by atoms with Crippen LogP contribution < -0.4 is 4.74 Å². The third-order valence-corrected chi connectivity index (χ3v) is 2.27. The Labute approximate surface area is 98.8 Å². The number of ether oxygens (including phenoxy) is 1. The Hall–Kier alpha value is -1.87. The second-order valence-electron chi connectivity index (χ2n) is 2.71. The molecule has 82 valence electrons. The zero-order valence-corrected chi connectivity index (χ0v) is 9.52.